The van der Waals surface area contributed by atoms with Crippen molar-refractivity contribution < 1.29 is 19.1 Å². The van der Waals surface area contributed by atoms with Gasteiger partial charge in [-0.05, 0) is 30.2 Å². The van der Waals surface area contributed by atoms with Gasteiger partial charge in [-0.2, -0.15) is 0 Å². The van der Waals surface area contributed by atoms with Crippen LogP contribution in [0.3, 0.4) is 0 Å². The van der Waals surface area contributed by atoms with Crippen LogP contribution >= 0.6 is 0 Å². The molecule has 0 unspecified atom stereocenters. The number of ether oxygens (including phenoxy) is 2. The summed E-state index contributed by atoms with van der Waals surface area (Å²) < 4.78 is 12.5. The lowest BCUT2D eigenvalue weighted by atomic mass is 10.2. The number of aromatic nitrogens is 2. The van der Waals surface area contributed by atoms with E-state index in [1.165, 1.54) is 4.57 Å². The summed E-state index contributed by atoms with van der Waals surface area (Å²) >= 11 is 0. The van der Waals surface area contributed by atoms with Crippen LogP contribution in [0.2, 0.25) is 0 Å². The largest absolute Gasteiger partial charge is 0.486 e. The molecule has 0 aliphatic carbocycles. The molecule has 0 bridgehead atoms. The Morgan fingerprint density at radius 3 is 2.62 bits per heavy atom. The van der Waals surface area contributed by atoms with Gasteiger partial charge in [0.25, 0.3) is 5.56 Å². The third-order valence-corrected chi connectivity index (χ3v) is 5.34. The average Bonchev–Trinajstić information content (AvgIpc) is 2.83. The third kappa shape index (κ3) is 5.54. The van der Waals surface area contributed by atoms with E-state index in [1.54, 1.807) is 36.4 Å². The first kappa shape index (κ1) is 23.3. The molecule has 34 heavy (non-hydrogen) atoms. The van der Waals surface area contributed by atoms with E-state index in [0.29, 0.717) is 53.9 Å². The third-order valence-electron chi connectivity index (χ3n) is 5.34. The Kier molecular flexibility index (Phi) is 7.10. The number of hydrogen-bond acceptors (Lipinski definition) is 6. The Morgan fingerprint density at radius 1 is 1.06 bits per heavy atom. The zero-order valence-electron chi connectivity index (χ0n) is 19.3. The second-order valence-corrected chi connectivity index (χ2v) is 8.54. The molecule has 3 aromatic rings. The fourth-order valence-corrected chi connectivity index (χ4v) is 3.67. The second kappa shape index (κ2) is 10.4. The summed E-state index contributed by atoms with van der Waals surface area (Å²) in [6.45, 7) is 5.34. The van der Waals surface area contributed by atoms with E-state index in [-0.39, 0.29) is 42.5 Å². The van der Waals surface area contributed by atoms with Gasteiger partial charge >= 0.3 is 0 Å². The fraction of sp³-hybridized carbons (Fsp3) is 0.360. The van der Waals surface area contributed by atoms with Gasteiger partial charge in [0.2, 0.25) is 11.8 Å². The molecule has 1 aliphatic rings. The molecule has 0 radical (unpaired) electrons. The van der Waals surface area contributed by atoms with Gasteiger partial charge in [-0.3, -0.25) is 19.0 Å². The highest BCUT2D eigenvalue weighted by Crippen LogP contribution is 2.32. The molecule has 2 amide bonds. The fourth-order valence-electron chi connectivity index (χ4n) is 3.67. The van der Waals surface area contributed by atoms with Gasteiger partial charge in [0.05, 0.1) is 11.0 Å². The minimum absolute atomic E-state index is 0.133. The first-order valence-corrected chi connectivity index (χ1v) is 11.4. The van der Waals surface area contributed by atoms with Gasteiger partial charge < -0.3 is 20.1 Å². The molecule has 1 aromatic heterocycles. The quantitative estimate of drug-likeness (QED) is 0.530. The minimum atomic E-state index is -0.382. The molecule has 2 aromatic carbocycles. The van der Waals surface area contributed by atoms with Crippen molar-refractivity contribution in [2.45, 2.75) is 33.2 Å². The molecular weight excluding hydrogens is 436 g/mol. The molecule has 178 valence electrons. The average molecular weight is 465 g/mol. The van der Waals surface area contributed by atoms with Crippen molar-refractivity contribution >= 4 is 28.5 Å². The first-order valence-electron chi connectivity index (χ1n) is 11.4. The summed E-state index contributed by atoms with van der Waals surface area (Å²) in [5.74, 6) is 1.03. The zero-order valence-corrected chi connectivity index (χ0v) is 19.3. The number of aryl methyl sites for hydroxylation is 1. The molecule has 9 heteroatoms. The molecule has 1 aliphatic heterocycles. The molecular formula is C25H28N4O5. The van der Waals surface area contributed by atoms with Crippen LogP contribution in [0.5, 0.6) is 11.5 Å². The van der Waals surface area contributed by atoms with Gasteiger partial charge in [0, 0.05) is 31.1 Å². The van der Waals surface area contributed by atoms with Crippen molar-refractivity contribution in [2.24, 2.45) is 5.92 Å². The second-order valence-electron chi connectivity index (χ2n) is 8.54. The molecule has 0 saturated carbocycles. The normalized spacial score (nSPS) is 12.6. The predicted molar refractivity (Wildman–Crippen MR) is 128 cm³/mol. The highest BCUT2D eigenvalue weighted by Gasteiger charge is 2.17. The highest BCUT2D eigenvalue weighted by atomic mass is 16.6. The summed E-state index contributed by atoms with van der Waals surface area (Å²) in [6, 6.07) is 12.3. The van der Waals surface area contributed by atoms with Crippen molar-refractivity contribution in [3.63, 3.8) is 0 Å². The molecule has 2 heterocycles. The van der Waals surface area contributed by atoms with Crippen LogP contribution in [0.1, 0.15) is 26.0 Å². The molecule has 4 rings (SSSR count). The summed E-state index contributed by atoms with van der Waals surface area (Å²) in [5, 5.41) is 5.66. The Labute approximate surface area is 197 Å². The Bertz CT molecular complexity index is 1270. The summed E-state index contributed by atoms with van der Waals surface area (Å²) in [7, 11) is 0. The van der Waals surface area contributed by atoms with E-state index in [0.717, 1.165) is 0 Å². The lowest BCUT2D eigenvalue weighted by Crippen LogP contribution is -2.32. The van der Waals surface area contributed by atoms with Gasteiger partial charge in [-0.25, -0.2) is 4.98 Å². The molecule has 9 nitrogen and oxygen atoms in total. The van der Waals surface area contributed by atoms with Crippen LogP contribution in [0, 0.1) is 5.92 Å². The van der Waals surface area contributed by atoms with E-state index in [2.05, 4.69) is 15.6 Å². The van der Waals surface area contributed by atoms with Gasteiger partial charge in [0.1, 0.15) is 25.5 Å². The van der Waals surface area contributed by atoms with Crippen molar-refractivity contribution in [3.8, 4) is 11.5 Å². The van der Waals surface area contributed by atoms with Crippen molar-refractivity contribution in [1.82, 2.24) is 14.9 Å². The number of benzene rings is 2. The number of hydrogen-bond donors (Lipinski definition) is 2. The van der Waals surface area contributed by atoms with E-state index in [1.807, 2.05) is 19.9 Å². The molecule has 0 atom stereocenters. The lowest BCUT2D eigenvalue weighted by molar-refractivity contribution is -0.121. The van der Waals surface area contributed by atoms with Crippen LogP contribution < -0.4 is 25.7 Å². The van der Waals surface area contributed by atoms with E-state index < -0.39 is 0 Å². The zero-order chi connectivity index (χ0) is 24.1. The summed E-state index contributed by atoms with van der Waals surface area (Å²) in [5.41, 5.74) is 1.56. The van der Waals surface area contributed by atoms with Crippen molar-refractivity contribution in [3.05, 3.63) is 58.5 Å². The topological polar surface area (TPSA) is 112 Å². The Morgan fingerprint density at radius 2 is 1.82 bits per heavy atom. The number of amides is 2. The summed E-state index contributed by atoms with van der Waals surface area (Å²) in [6.07, 6.45) is 0.341. The smallest absolute Gasteiger partial charge is 0.273 e. The first-order chi connectivity index (χ1) is 16.4. The maximum absolute atomic E-state index is 13.2. The molecule has 0 saturated heterocycles. The van der Waals surface area contributed by atoms with Crippen LogP contribution in [-0.4, -0.2) is 41.1 Å². The number of rotatable bonds is 8. The predicted octanol–water partition coefficient (Wildman–Crippen LogP) is 2.51. The Hall–Kier alpha value is -3.88. The van der Waals surface area contributed by atoms with Gasteiger partial charge in [0.15, 0.2) is 11.5 Å². The van der Waals surface area contributed by atoms with Gasteiger partial charge in [-0.15, -0.1) is 0 Å². The number of nitrogens with one attached hydrogen (secondary N) is 2. The van der Waals surface area contributed by atoms with E-state index in [4.69, 9.17) is 9.47 Å². The van der Waals surface area contributed by atoms with Crippen LogP contribution in [0.4, 0.5) is 5.69 Å². The van der Waals surface area contributed by atoms with Crippen LogP contribution in [0.25, 0.3) is 11.0 Å². The number of carbonyl (C=O) groups is 2. The van der Waals surface area contributed by atoms with Gasteiger partial charge in [-0.1, -0.05) is 26.0 Å². The van der Waals surface area contributed by atoms with Crippen LogP contribution in [0.15, 0.2) is 47.3 Å². The van der Waals surface area contributed by atoms with Crippen molar-refractivity contribution in [1.29, 1.82) is 0 Å². The monoisotopic (exact) mass is 464 g/mol. The van der Waals surface area contributed by atoms with E-state index >= 15 is 0 Å². The van der Waals surface area contributed by atoms with E-state index in [9.17, 15) is 14.4 Å². The summed E-state index contributed by atoms with van der Waals surface area (Å²) in [4.78, 5) is 42.6. The maximum Gasteiger partial charge on any atom is 0.273 e. The standard InChI is InChI=1S/C25H28N4O5/c1-16(2)14-26-23(30)10-8-19-25(32)29(20-6-4-3-5-18(20)28-19)15-24(31)27-17-7-9-21-22(13-17)34-12-11-33-21/h3-7,9,13,16H,8,10-12,14-15H2,1-2H3,(H,26,30)(H,27,31). The highest BCUT2D eigenvalue weighted by molar-refractivity contribution is 5.92. The number of carbonyl (C=O) groups excluding carboxylic acids is 2. The number of fused-ring (bicyclic) bond motifs is 2. The number of nitrogens with zero attached hydrogens (tertiary/aromatic N) is 2. The lowest BCUT2D eigenvalue weighted by Gasteiger charge is -2.19. The van der Waals surface area contributed by atoms with Crippen LogP contribution in [-0.2, 0) is 22.6 Å². The minimum Gasteiger partial charge on any atom is -0.486 e. The maximum atomic E-state index is 13.2. The number of para-hydroxylation sites is 2. The Balaban J connectivity index is 1.53. The molecule has 2 N–H and O–H groups in total. The molecule has 0 fully saturated rings. The SMILES string of the molecule is CC(C)CNC(=O)CCc1nc2ccccc2n(CC(=O)Nc2ccc3c(c2)OCCO3)c1=O. The number of anilines is 1. The van der Waals surface area contributed by atoms with Crippen molar-refractivity contribution in [2.75, 3.05) is 25.1 Å². The molecule has 0 spiro atoms.